The van der Waals surface area contributed by atoms with Crippen molar-refractivity contribution in [3.8, 4) is 5.75 Å². The molecule has 2 aromatic rings. The van der Waals surface area contributed by atoms with E-state index in [-0.39, 0.29) is 5.82 Å². The zero-order valence-corrected chi connectivity index (χ0v) is 12.5. The third kappa shape index (κ3) is 3.22. The quantitative estimate of drug-likeness (QED) is 0.919. The summed E-state index contributed by atoms with van der Waals surface area (Å²) in [4.78, 5) is 1.31. The maximum absolute atomic E-state index is 13.9. The summed E-state index contributed by atoms with van der Waals surface area (Å²) in [5.41, 5.74) is 7.77. The van der Waals surface area contributed by atoms with Gasteiger partial charge in [0.2, 0.25) is 0 Å². The SMILES string of the molecule is NCCc1cccc(F)c1OCC1Cc2ccccc2S1. The lowest BCUT2D eigenvalue weighted by Gasteiger charge is -2.14. The summed E-state index contributed by atoms with van der Waals surface area (Å²) in [6.45, 7) is 1.00. The van der Waals surface area contributed by atoms with Crippen LogP contribution in [0.4, 0.5) is 4.39 Å². The Bertz CT molecular complexity index is 607. The van der Waals surface area contributed by atoms with Crippen LogP contribution in [0.25, 0.3) is 0 Å². The normalized spacial score (nSPS) is 16.8. The predicted molar refractivity (Wildman–Crippen MR) is 84.4 cm³/mol. The van der Waals surface area contributed by atoms with Gasteiger partial charge in [0, 0.05) is 10.1 Å². The summed E-state index contributed by atoms with van der Waals surface area (Å²) in [5.74, 6) is 0.0565. The molecule has 2 aromatic carbocycles. The smallest absolute Gasteiger partial charge is 0.165 e. The Kier molecular flexibility index (Phi) is 4.46. The molecule has 0 aliphatic carbocycles. The van der Waals surface area contributed by atoms with E-state index in [1.54, 1.807) is 6.07 Å². The van der Waals surface area contributed by atoms with E-state index in [1.165, 1.54) is 16.5 Å². The molecule has 1 aliphatic rings. The molecule has 1 aliphatic heterocycles. The number of halogens is 1. The van der Waals surface area contributed by atoms with E-state index in [0.717, 1.165) is 12.0 Å². The number of hydrogen-bond donors (Lipinski definition) is 1. The second-order valence-electron chi connectivity index (χ2n) is 5.13. The summed E-state index contributed by atoms with van der Waals surface area (Å²) >= 11 is 1.81. The number of ether oxygens (including phenoxy) is 1. The Morgan fingerprint density at radius 1 is 1.19 bits per heavy atom. The van der Waals surface area contributed by atoms with E-state index in [1.807, 2.05) is 23.9 Å². The molecule has 0 amide bonds. The first-order valence-electron chi connectivity index (χ1n) is 7.12. The monoisotopic (exact) mass is 303 g/mol. The second kappa shape index (κ2) is 6.50. The number of fused-ring (bicyclic) bond motifs is 1. The topological polar surface area (TPSA) is 35.2 Å². The van der Waals surface area contributed by atoms with E-state index in [4.69, 9.17) is 10.5 Å². The van der Waals surface area contributed by atoms with Crippen molar-refractivity contribution in [2.24, 2.45) is 5.73 Å². The van der Waals surface area contributed by atoms with Crippen molar-refractivity contribution in [1.82, 2.24) is 0 Å². The Morgan fingerprint density at radius 3 is 2.86 bits per heavy atom. The highest BCUT2D eigenvalue weighted by Gasteiger charge is 2.23. The molecular formula is C17H18FNOS. The van der Waals surface area contributed by atoms with Crippen molar-refractivity contribution in [1.29, 1.82) is 0 Å². The fourth-order valence-corrected chi connectivity index (χ4v) is 3.81. The minimum Gasteiger partial charge on any atom is -0.489 e. The van der Waals surface area contributed by atoms with Crippen molar-refractivity contribution >= 4 is 11.8 Å². The summed E-state index contributed by atoms with van der Waals surface area (Å²) in [6, 6.07) is 13.4. The van der Waals surface area contributed by atoms with Crippen LogP contribution in [0.3, 0.4) is 0 Å². The first-order chi connectivity index (χ1) is 10.3. The zero-order valence-electron chi connectivity index (χ0n) is 11.7. The van der Waals surface area contributed by atoms with Crippen molar-refractivity contribution < 1.29 is 9.13 Å². The van der Waals surface area contributed by atoms with Crippen molar-refractivity contribution in [2.45, 2.75) is 23.0 Å². The first kappa shape index (κ1) is 14.4. The van der Waals surface area contributed by atoms with Gasteiger partial charge in [-0.2, -0.15) is 0 Å². The van der Waals surface area contributed by atoms with Gasteiger partial charge in [0.15, 0.2) is 11.6 Å². The van der Waals surface area contributed by atoms with Gasteiger partial charge in [-0.3, -0.25) is 0 Å². The predicted octanol–water partition coefficient (Wildman–Crippen LogP) is 3.42. The summed E-state index contributed by atoms with van der Waals surface area (Å²) in [6.07, 6.45) is 1.60. The molecule has 21 heavy (non-hydrogen) atoms. The van der Waals surface area contributed by atoms with E-state index in [0.29, 0.717) is 30.6 Å². The molecule has 2 N–H and O–H groups in total. The molecule has 0 aromatic heterocycles. The fourth-order valence-electron chi connectivity index (χ4n) is 2.59. The first-order valence-corrected chi connectivity index (χ1v) is 8.00. The van der Waals surface area contributed by atoms with Gasteiger partial charge in [0.1, 0.15) is 6.61 Å². The Hall–Kier alpha value is -1.52. The van der Waals surface area contributed by atoms with Gasteiger partial charge in [-0.25, -0.2) is 4.39 Å². The molecule has 2 nitrogen and oxygen atoms in total. The third-order valence-corrected chi connectivity index (χ3v) is 4.88. The van der Waals surface area contributed by atoms with Crippen LogP contribution in [-0.2, 0) is 12.8 Å². The number of para-hydroxylation sites is 1. The fraction of sp³-hybridized carbons (Fsp3) is 0.294. The third-order valence-electron chi connectivity index (χ3n) is 3.59. The molecule has 0 saturated carbocycles. The minimum atomic E-state index is -0.304. The Labute approximate surface area is 128 Å². The molecule has 110 valence electrons. The molecule has 0 spiro atoms. The number of benzene rings is 2. The molecule has 4 heteroatoms. The van der Waals surface area contributed by atoms with Gasteiger partial charge >= 0.3 is 0 Å². The van der Waals surface area contributed by atoms with Crippen LogP contribution in [-0.4, -0.2) is 18.4 Å². The maximum atomic E-state index is 13.9. The van der Waals surface area contributed by atoms with Crippen molar-refractivity contribution in [3.63, 3.8) is 0 Å². The molecule has 3 rings (SSSR count). The minimum absolute atomic E-state index is 0.304. The van der Waals surface area contributed by atoms with Crippen LogP contribution < -0.4 is 10.5 Å². The highest BCUT2D eigenvalue weighted by Crippen LogP contribution is 2.37. The van der Waals surface area contributed by atoms with Gasteiger partial charge in [-0.1, -0.05) is 30.3 Å². The van der Waals surface area contributed by atoms with Crippen LogP contribution in [0.5, 0.6) is 5.75 Å². The highest BCUT2D eigenvalue weighted by molar-refractivity contribution is 8.00. The molecule has 0 bridgehead atoms. The van der Waals surface area contributed by atoms with Crippen LogP contribution in [0, 0.1) is 5.82 Å². The molecule has 1 unspecified atom stereocenters. The number of thioether (sulfide) groups is 1. The van der Waals surface area contributed by atoms with Crippen LogP contribution in [0.2, 0.25) is 0 Å². The van der Waals surface area contributed by atoms with Crippen LogP contribution in [0.15, 0.2) is 47.4 Å². The number of nitrogens with two attached hydrogens (primary N) is 1. The average Bonchev–Trinajstić information content (AvgIpc) is 2.90. The van der Waals surface area contributed by atoms with Crippen LogP contribution in [0.1, 0.15) is 11.1 Å². The zero-order chi connectivity index (χ0) is 14.7. The lowest BCUT2D eigenvalue weighted by Crippen LogP contribution is -2.15. The maximum Gasteiger partial charge on any atom is 0.165 e. The molecule has 0 radical (unpaired) electrons. The van der Waals surface area contributed by atoms with Crippen LogP contribution >= 0.6 is 11.8 Å². The van der Waals surface area contributed by atoms with Gasteiger partial charge < -0.3 is 10.5 Å². The molecular weight excluding hydrogens is 285 g/mol. The molecule has 0 saturated heterocycles. The number of hydrogen-bond acceptors (Lipinski definition) is 3. The summed E-state index contributed by atoms with van der Waals surface area (Å²) in [5, 5.41) is 0.340. The number of rotatable bonds is 5. The van der Waals surface area contributed by atoms with Crippen molar-refractivity contribution in [2.75, 3.05) is 13.2 Å². The molecule has 1 heterocycles. The highest BCUT2D eigenvalue weighted by atomic mass is 32.2. The summed E-state index contributed by atoms with van der Waals surface area (Å²) < 4.78 is 19.7. The van der Waals surface area contributed by atoms with Gasteiger partial charge in [0.05, 0.1) is 0 Å². The molecule has 1 atom stereocenters. The van der Waals surface area contributed by atoms with E-state index < -0.39 is 0 Å². The van der Waals surface area contributed by atoms with Crippen molar-refractivity contribution in [3.05, 3.63) is 59.4 Å². The Morgan fingerprint density at radius 2 is 2.05 bits per heavy atom. The van der Waals surface area contributed by atoms with E-state index >= 15 is 0 Å². The Balaban J connectivity index is 1.67. The van der Waals surface area contributed by atoms with Gasteiger partial charge in [0.25, 0.3) is 0 Å². The lowest BCUT2D eigenvalue weighted by atomic mass is 10.1. The average molecular weight is 303 g/mol. The van der Waals surface area contributed by atoms with Gasteiger partial charge in [-0.05, 0) is 42.6 Å². The lowest BCUT2D eigenvalue weighted by molar-refractivity contribution is 0.298. The second-order valence-corrected chi connectivity index (χ2v) is 6.47. The van der Waals surface area contributed by atoms with E-state index in [9.17, 15) is 4.39 Å². The largest absolute Gasteiger partial charge is 0.489 e. The van der Waals surface area contributed by atoms with E-state index in [2.05, 4.69) is 18.2 Å². The summed E-state index contributed by atoms with van der Waals surface area (Å²) in [7, 11) is 0. The van der Waals surface area contributed by atoms with Gasteiger partial charge in [-0.15, -0.1) is 11.8 Å². The molecule has 0 fully saturated rings. The standard InChI is InChI=1S/C17H18FNOS/c18-15-6-3-5-12(8-9-19)17(15)20-11-14-10-13-4-1-2-7-16(13)21-14/h1-7,14H,8-11,19H2.